The number of ether oxygens (including phenoxy) is 1. The first-order valence-electron chi connectivity index (χ1n) is 7.33. The molecule has 0 aromatic carbocycles. The van der Waals surface area contributed by atoms with E-state index in [1.54, 1.807) is 13.4 Å². The Bertz CT molecular complexity index is 406. The third-order valence-electron chi connectivity index (χ3n) is 3.89. The summed E-state index contributed by atoms with van der Waals surface area (Å²) in [6, 6.07) is 2.41. The molecule has 1 atom stereocenters. The number of aromatic nitrogens is 2. The van der Waals surface area contributed by atoms with Gasteiger partial charge in [0.25, 0.3) is 0 Å². The molecule has 2 heterocycles. The van der Waals surface area contributed by atoms with Crippen molar-refractivity contribution >= 4 is 5.82 Å². The van der Waals surface area contributed by atoms with E-state index < -0.39 is 0 Å². The number of nitrogens with zero attached hydrogens (tertiary/aromatic N) is 4. The van der Waals surface area contributed by atoms with Crippen LogP contribution in [0, 0.1) is 0 Å². The molecule has 6 heteroatoms. The Morgan fingerprint density at radius 1 is 1.30 bits per heavy atom. The second-order valence-corrected chi connectivity index (χ2v) is 5.12. The summed E-state index contributed by atoms with van der Waals surface area (Å²) in [4.78, 5) is 13.2. The van der Waals surface area contributed by atoms with E-state index in [1.807, 2.05) is 6.07 Å². The second-order valence-electron chi connectivity index (χ2n) is 5.12. The summed E-state index contributed by atoms with van der Waals surface area (Å²) in [5.74, 6) is 1.56. The molecule has 1 unspecified atom stereocenters. The number of rotatable bonds is 6. The van der Waals surface area contributed by atoms with Crippen LogP contribution >= 0.6 is 0 Å². The summed E-state index contributed by atoms with van der Waals surface area (Å²) in [6.45, 7) is 6.98. The van der Waals surface area contributed by atoms with Crippen molar-refractivity contribution in [1.82, 2.24) is 14.9 Å². The van der Waals surface area contributed by atoms with Crippen LogP contribution in [0.15, 0.2) is 12.4 Å². The quantitative estimate of drug-likeness (QED) is 0.828. The van der Waals surface area contributed by atoms with Crippen molar-refractivity contribution in [2.75, 3.05) is 44.7 Å². The summed E-state index contributed by atoms with van der Waals surface area (Å²) in [5.41, 5.74) is 5.88. The van der Waals surface area contributed by atoms with Crippen LogP contribution in [0.25, 0.3) is 0 Å². The molecule has 1 saturated heterocycles. The SMILES string of the molecule is CCCC(CN)N1CCN(c2cc(OC)ncn2)CC1. The average molecular weight is 279 g/mol. The fourth-order valence-corrected chi connectivity index (χ4v) is 2.71. The van der Waals surface area contributed by atoms with Gasteiger partial charge in [0.05, 0.1) is 7.11 Å². The molecule has 1 fully saturated rings. The third kappa shape index (κ3) is 3.58. The lowest BCUT2D eigenvalue weighted by atomic mass is 10.1. The fraction of sp³-hybridized carbons (Fsp3) is 0.714. The zero-order valence-electron chi connectivity index (χ0n) is 12.5. The van der Waals surface area contributed by atoms with Gasteiger partial charge in [0, 0.05) is 44.8 Å². The maximum Gasteiger partial charge on any atom is 0.218 e. The predicted molar refractivity (Wildman–Crippen MR) is 80.1 cm³/mol. The lowest BCUT2D eigenvalue weighted by Crippen LogP contribution is -2.52. The van der Waals surface area contributed by atoms with Crippen LogP contribution in [-0.4, -0.2) is 60.7 Å². The van der Waals surface area contributed by atoms with Crippen molar-refractivity contribution < 1.29 is 4.74 Å². The standard InChI is InChI=1S/C14H25N5O/c1-3-4-12(10-15)18-5-7-19(8-6-18)13-9-14(20-2)17-11-16-13/h9,11-12H,3-8,10,15H2,1-2H3. The molecule has 0 aliphatic carbocycles. The Kier molecular flexibility index (Phi) is 5.55. The van der Waals surface area contributed by atoms with Gasteiger partial charge in [-0.3, -0.25) is 4.90 Å². The van der Waals surface area contributed by atoms with Crippen molar-refractivity contribution in [3.8, 4) is 5.88 Å². The highest BCUT2D eigenvalue weighted by Gasteiger charge is 2.23. The highest BCUT2D eigenvalue weighted by molar-refractivity contribution is 5.41. The topological polar surface area (TPSA) is 67.5 Å². The van der Waals surface area contributed by atoms with Gasteiger partial charge in [0.1, 0.15) is 12.1 Å². The van der Waals surface area contributed by atoms with Gasteiger partial charge in [-0.15, -0.1) is 0 Å². The van der Waals surface area contributed by atoms with Crippen LogP contribution < -0.4 is 15.4 Å². The number of anilines is 1. The van der Waals surface area contributed by atoms with E-state index in [-0.39, 0.29) is 0 Å². The second kappa shape index (κ2) is 7.40. The van der Waals surface area contributed by atoms with Crippen molar-refractivity contribution in [2.24, 2.45) is 5.73 Å². The van der Waals surface area contributed by atoms with Gasteiger partial charge in [0.15, 0.2) is 0 Å². The molecule has 0 bridgehead atoms. The normalized spacial score (nSPS) is 18.1. The third-order valence-corrected chi connectivity index (χ3v) is 3.89. The minimum Gasteiger partial charge on any atom is -0.481 e. The Morgan fingerprint density at radius 3 is 2.65 bits per heavy atom. The molecule has 6 nitrogen and oxygen atoms in total. The largest absolute Gasteiger partial charge is 0.481 e. The number of methoxy groups -OCH3 is 1. The molecule has 0 radical (unpaired) electrons. The van der Waals surface area contributed by atoms with Crippen LogP contribution in [-0.2, 0) is 0 Å². The van der Waals surface area contributed by atoms with E-state index in [9.17, 15) is 0 Å². The molecule has 0 spiro atoms. The first-order chi connectivity index (χ1) is 9.78. The molecule has 2 N–H and O–H groups in total. The van der Waals surface area contributed by atoms with Crippen LogP contribution in [0.5, 0.6) is 5.88 Å². The molecule has 2 rings (SSSR count). The molecular weight excluding hydrogens is 254 g/mol. The molecule has 20 heavy (non-hydrogen) atoms. The summed E-state index contributed by atoms with van der Waals surface area (Å²) < 4.78 is 5.15. The van der Waals surface area contributed by atoms with Crippen LogP contribution in [0.3, 0.4) is 0 Å². The lowest BCUT2D eigenvalue weighted by molar-refractivity contribution is 0.179. The van der Waals surface area contributed by atoms with Crippen molar-refractivity contribution in [1.29, 1.82) is 0 Å². The first kappa shape index (κ1) is 15.0. The van der Waals surface area contributed by atoms with E-state index in [1.165, 1.54) is 12.8 Å². The Labute approximate surface area is 120 Å². The summed E-state index contributed by atoms with van der Waals surface area (Å²) in [5, 5.41) is 0. The smallest absolute Gasteiger partial charge is 0.218 e. The molecule has 112 valence electrons. The van der Waals surface area contributed by atoms with Crippen LogP contribution in [0.4, 0.5) is 5.82 Å². The van der Waals surface area contributed by atoms with Crippen molar-refractivity contribution in [3.05, 3.63) is 12.4 Å². The summed E-state index contributed by atoms with van der Waals surface area (Å²) >= 11 is 0. The molecule has 1 aromatic rings. The molecular formula is C14H25N5O. The van der Waals surface area contributed by atoms with Gasteiger partial charge in [0.2, 0.25) is 5.88 Å². The minimum atomic E-state index is 0.516. The average Bonchev–Trinajstić information content (AvgIpc) is 2.53. The van der Waals surface area contributed by atoms with E-state index in [2.05, 4.69) is 26.7 Å². The number of hydrogen-bond donors (Lipinski definition) is 1. The number of nitrogens with two attached hydrogens (primary N) is 1. The lowest BCUT2D eigenvalue weighted by Gasteiger charge is -2.39. The molecule has 0 amide bonds. The minimum absolute atomic E-state index is 0.516. The Hall–Kier alpha value is -1.40. The maximum atomic E-state index is 5.88. The summed E-state index contributed by atoms with van der Waals surface area (Å²) in [7, 11) is 1.63. The van der Waals surface area contributed by atoms with Gasteiger partial charge in [-0.25, -0.2) is 9.97 Å². The number of piperazine rings is 1. The maximum absolute atomic E-state index is 5.88. The Morgan fingerprint density at radius 2 is 2.05 bits per heavy atom. The fourth-order valence-electron chi connectivity index (χ4n) is 2.71. The van der Waals surface area contributed by atoms with E-state index in [0.29, 0.717) is 11.9 Å². The van der Waals surface area contributed by atoms with Crippen LogP contribution in [0.1, 0.15) is 19.8 Å². The molecule has 0 saturated carbocycles. The predicted octanol–water partition coefficient (Wildman–Crippen LogP) is 0.735. The van der Waals surface area contributed by atoms with Crippen molar-refractivity contribution in [3.63, 3.8) is 0 Å². The highest BCUT2D eigenvalue weighted by Crippen LogP contribution is 2.18. The van der Waals surface area contributed by atoms with Gasteiger partial charge in [-0.1, -0.05) is 13.3 Å². The van der Waals surface area contributed by atoms with E-state index in [4.69, 9.17) is 10.5 Å². The zero-order chi connectivity index (χ0) is 14.4. The zero-order valence-corrected chi connectivity index (χ0v) is 12.5. The van der Waals surface area contributed by atoms with Gasteiger partial charge in [-0.05, 0) is 6.42 Å². The first-order valence-corrected chi connectivity index (χ1v) is 7.33. The monoisotopic (exact) mass is 279 g/mol. The number of hydrogen-bond acceptors (Lipinski definition) is 6. The highest BCUT2D eigenvalue weighted by atomic mass is 16.5. The van der Waals surface area contributed by atoms with Crippen molar-refractivity contribution in [2.45, 2.75) is 25.8 Å². The van der Waals surface area contributed by atoms with E-state index in [0.717, 1.165) is 38.5 Å². The Balaban J connectivity index is 1.93. The van der Waals surface area contributed by atoms with E-state index >= 15 is 0 Å². The molecule has 1 aliphatic rings. The summed E-state index contributed by atoms with van der Waals surface area (Å²) in [6.07, 6.45) is 3.92. The van der Waals surface area contributed by atoms with Gasteiger partial charge < -0.3 is 15.4 Å². The van der Waals surface area contributed by atoms with Gasteiger partial charge >= 0.3 is 0 Å². The van der Waals surface area contributed by atoms with Gasteiger partial charge in [-0.2, -0.15) is 0 Å². The van der Waals surface area contributed by atoms with Crippen LogP contribution in [0.2, 0.25) is 0 Å². The molecule has 1 aromatic heterocycles. The molecule has 1 aliphatic heterocycles.